The Kier molecular flexibility index (Phi) is 3.52. The average Bonchev–Trinajstić information content (AvgIpc) is 3.02. The van der Waals surface area contributed by atoms with Crippen LogP contribution in [0.4, 0.5) is 11.5 Å². The van der Waals surface area contributed by atoms with Gasteiger partial charge in [0.15, 0.2) is 11.5 Å². The number of nitrogens with two attached hydrogens (primary N) is 1. The van der Waals surface area contributed by atoms with Crippen molar-refractivity contribution < 1.29 is 4.79 Å². The molecule has 1 aromatic carbocycles. The van der Waals surface area contributed by atoms with Crippen LogP contribution >= 0.6 is 11.3 Å². The summed E-state index contributed by atoms with van der Waals surface area (Å²) in [6, 6.07) is 7.27. The summed E-state index contributed by atoms with van der Waals surface area (Å²) in [6.07, 6.45) is 2.85. The number of carbonyl (C=O) groups is 1. The van der Waals surface area contributed by atoms with Crippen LogP contribution in [0.3, 0.4) is 0 Å². The molecule has 21 heavy (non-hydrogen) atoms. The molecule has 3 rings (SSSR count). The Labute approximate surface area is 123 Å². The van der Waals surface area contributed by atoms with Crippen molar-refractivity contribution in [2.45, 2.75) is 0 Å². The normalized spacial score (nSPS) is 10.3. The Bertz CT molecular complexity index is 757. The average molecular weight is 298 g/mol. The van der Waals surface area contributed by atoms with Crippen molar-refractivity contribution in [1.29, 1.82) is 0 Å². The predicted molar refractivity (Wildman–Crippen MR) is 79.7 cm³/mol. The molecule has 0 radical (unpaired) electrons. The van der Waals surface area contributed by atoms with Gasteiger partial charge in [-0.05, 0) is 24.3 Å². The number of rotatable bonds is 3. The molecule has 0 fully saturated rings. The van der Waals surface area contributed by atoms with Crippen molar-refractivity contribution in [3.05, 3.63) is 47.9 Å². The lowest BCUT2D eigenvalue weighted by molar-refractivity contribution is 0.102. The molecule has 3 aromatic rings. The van der Waals surface area contributed by atoms with Gasteiger partial charge < -0.3 is 11.1 Å². The molecule has 0 saturated carbocycles. The van der Waals surface area contributed by atoms with Crippen LogP contribution in [0.1, 0.15) is 10.5 Å². The van der Waals surface area contributed by atoms with Gasteiger partial charge in [0.2, 0.25) is 0 Å². The van der Waals surface area contributed by atoms with E-state index in [4.69, 9.17) is 5.73 Å². The summed E-state index contributed by atoms with van der Waals surface area (Å²) in [5.41, 5.74) is 8.96. The first-order chi connectivity index (χ1) is 10.2. The molecule has 8 heteroatoms. The fourth-order valence-electron chi connectivity index (χ4n) is 1.71. The second-order valence-electron chi connectivity index (χ2n) is 4.07. The molecule has 0 bridgehead atoms. The standard InChI is InChI=1S/C13H10N6OS/c14-11-10(15-5-6-16-11)12(20)18-9-3-1-8(2-4-9)13-19-17-7-21-13/h1-7H,(H2,14,16)(H,18,20). The third-order valence-electron chi connectivity index (χ3n) is 2.69. The van der Waals surface area contributed by atoms with Gasteiger partial charge in [0.1, 0.15) is 10.5 Å². The quantitative estimate of drug-likeness (QED) is 0.764. The summed E-state index contributed by atoms with van der Waals surface area (Å²) in [5, 5.41) is 11.3. The van der Waals surface area contributed by atoms with Crippen LogP contribution in [0.5, 0.6) is 0 Å². The summed E-state index contributed by atoms with van der Waals surface area (Å²) in [7, 11) is 0. The second kappa shape index (κ2) is 5.63. The highest BCUT2D eigenvalue weighted by atomic mass is 32.1. The third kappa shape index (κ3) is 2.84. The maximum atomic E-state index is 12.0. The lowest BCUT2D eigenvalue weighted by Gasteiger charge is -2.06. The Balaban J connectivity index is 1.77. The van der Waals surface area contributed by atoms with Gasteiger partial charge in [0, 0.05) is 23.6 Å². The summed E-state index contributed by atoms with van der Waals surface area (Å²) < 4.78 is 0. The van der Waals surface area contributed by atoms with E-state index in [1.807, 2.05) is 12.1 Å². The van der Waals surface area contributed by atoms with Crippen molar-refractivity contribution >= 4 is 28.7 Å². The van der Waals surface area contributed by atoms with Crippen LogP contribution in [0.2, 0.25) is 0 Å². The third-order valence-corrected chi connectivity index (χ3v) is 3.43. The lowest BCUT2D eigenvalue weighted by Crippen LogP contribution is -2.16. The number of nitrogen functional groups attached to an aromatic ring is 1. The summed E-state index contributed by atoms with van der Waals surface area (Å²) in [6.45, 7) is 0. The van der Waals surface area contributed by atoms with Gasteiger partial charge in [-0.3, -0.25) is 4.79 Å². The molecule has 0 aliphatic rings. The van der Waals surface area contributed by atoms with E-state index >= 15 is 0 Å². The lowest BCUT2D eigenvalue weighted by atomic mass is 10.2. The molecule has 3 N–H and O–H groups in total. The molecule has 1 amide bonds. The maximum absolute atomic E-state index is 12.0. The first kappa shape index (κ1) is 13.1. The van der Waals surface area contributed by atoms with Crippen molar-refractivity contribution in [2.24, 2.45) is 0 Å². The fourth-order valence-corrected chi connectivity index (χ4v) is 2.27. The Hall–Kier alpha value is -2.87. The summed E-state index contributed by atoms with van der Waals surface area (Å²) in [4.78, 5) is 19.8. The topological polar surface area (TPSA) is 107 Å². The molecule has 0 unspecified atom stereocenters. The minimum absolute atomic E-state index is 0.0977. The number of hydrogen-bond acceptors (Lipinski definition) is 7. The van der Waals surface area contributed by atoms with E-state index < -0.39 is 5.91 Å². The zero-order valence-electron chi connectivity index (χ0n) is 10.7. The first-order valence-corrected chi connectivity index (χ1v) is 6.86. The number of anilines is 2. The van der Waals surface area contributed by atoms with Crippen molar-refractivity contribution in [1.82, 2.24) is 20.2 Å². The van der Waals surface area contributed by atoms with Gasteiger partial charge in [-0.2, -0.15) is 0 Å². The number of hydrogen-bond donors (Lipinski definition) is 2. The van der Waals surface area contributed by atoms with Crippen LogP contribution in [-0.4, -0.2) is 26.1 Å². The Morgan fingerprint density at radius 2 is 1.90 bits per heavy atom. The highest BCUT2D eigenvalue weighted by Gasteiger charge is 2.12. The second-order valence-corrected chi connectivity index (χ2v) is 4.90. The van der Waals surface area contributed by atoms with Gasteiger partial charge in [0.25, 0.3) is 5.91 Å². The molecule has 2 aromatic heterocycles. The van der Waals surface area contributed by atoms with E-state index in [2.05, 4.69) is 25.5 Å². The van der Waals surface area contributed by atoms with Gasteiger partial charge in [-0.1, -0.05) is 11.3 Å². The van der Waals surface area contributed by atoms with Crippen molar-refractivity contribution in [2.75, 3.05) is 11.1 Å². The van der Waals surface area contributed by atoms with E-state index in [-0.39, 0.29) is 11.5 Å². The smallest absolute Gasteiger partial charge is 0.278 e. The molecule has 0 atom stereocenters. The molecule has 2 heterocycles. The minimum Gasteiger partial charge on any atom is -0.382 e. The number of carbonyl (C=O) groups excluding carboxylic acids is 1. The number of amides is 1. The molecule has 0 aliphatic heterocycles. The largest absolute Gasteiger partial charge is 0.382 e. The van der Waals surface area contributed by atoms with E-state index in [1.165, 1.54) is 23.7 Å². The van der Waals surface area contributed by atoms with Gasteiger partial charge in [-0.15, -0.1) is 10.2 Å². The van der Waals surface area contributed by atoms with Crippen LogP contribution < -0.4 is 11.1 Å². The molecule has 7 nitrogen and oxygen atoms in total. The summed E-state index contributed by atoms with van der Waals surface area (Å²) in [5.74, 6) is -0.301. The van der Waals surface area contributed by atoms with Crippen molar-refractivity contribution in [3.63, 3.8) is 0 Å². The van der Waals surface area contributed by atoms with Crippen LogP contribution in [0.15, 0.2) is 42.2 Å². The highest BCUT2D eigenvalue weighted by molar-refractivity contribution is 7.12. The monoisotopic (exact) mass is 298 g/mol. The van der Waals surface area contributed by atoms with Gasteiger partial charge >= 0.3 is 0 Å². The number of benzene rings is 1. The van der Waals surface area contributed by atoms with Gasteiger partial charge in [-0.25, -0.2) is 9.97 Å². The molecule has 0 saturated heterocycles. The maximum Gasteiger partial charge on any atom is 0.278 e. The number of nitrogens with one attached hydrogen (secondary N) is 1. The molecular weight excluding hydrogens is 288 g/mol. The Morgan fingerprint density at radius 1 is 1.14 bits per heavy atom. The molecule has 104 valence electrons. The number of aromatic nitrogens is 4. The number of nitrogens with zero attached hydrogens (tertiary/aromatic N) is 4. The zero-order valence-corrected chi connectivity index (χ0v) is 11.5. The first-order valence-electron chi connectivity index (χ1n) is 5.98. The van der Waals surface area contributed by atoms with Crippen LogP contribution in [0, 0.1) is 0 Å². The fraction of sp³-hybridized carbons (Fsp3) is 0. The SMILES string of the molecule is Nc1nccnc1C(=O)Nc1ccc(-c2nncs2)cc1. The molecular formula is C13H10N6OS. The zero-order chi connectivity index (χ0) is 14.7. The van der Waals surface area contributed by atoms with Crippen LogP contribution in [0.25, 0.3) is 10.6 Å². The van der Waals surface area contributed by atoms with E-state index in [0.29, 0.717) is 5.69 Å². The Morgan fingerprint density at radius 3 is 2.57 bits per heavy atom. The van der Waals surface area contributed by atoms with E-state index in [1.54, 1.807) is 17.6 Å². The molecule has 0 spiro atoms. The highest BCUT2D eigenvalue weighted by Crippen LogP contribution is 2.22. The van der Waals surface area contributed by atoms with Crippen LogP contribution in [-0.2, 0) is 0 Å². The summed E-state index contributed by atoms with van der Waals surface area (Å²) >= 11 is 1.45. The van der Waals surface area contributed by atoms with E-state index in [0.717, 1.165) is 10.6 Å². The van der Waals surface area contributed by atoms with Gasteiger partial charge in [0.05, 0.1) is 0 Å². The molecule has 0 aliphatic carbocycles. The van der Waals surface area contributed by atoms with Crippen molar-refractivity contribution in [3.8, 4) is 10.6 Å². The predicted octanol–water partition coefficient (Wildman–Crippen LogP) is 1.83. The minimum atomic E-state index is -0.399. The van der Waals surface area contributed by atoms with E-state index in [9.17, 15) is 4.79 Å².